The van der Waals surface area contributed by atoms with Crippen LogP contribution in [0, 0.1) is 11.8 Å². The first-order valence-corrected chi connectivity index (χ1v) is 11.9. The summed E-state index contributed by atoms with van der Waals surface area (Å²) in [5.74, 6) is -6.38. The summed E-state index contributed by atoms with van der Waals surface area (Å²) in [6, 6.07) is 0. The molecule has 0 aliphatic carbocycles. The molecule has 0 aliphatic heterocycles. The van der Waals surface area contributed by atoms with E-state index in [2.05, 4.69) is 0 Å². The van der Waals surface area contributed by atoms with Crippen molar-refractivity contribution in [2.45, 2.75) is 63.6 Å². The van der Waals surface area contributed by atoms with E-state index in [1.54, 1.807) is 0 Å². The molecular weight excluding hydrogens is 444 g/mol. The maximum absolute atomic E-state index is 12.3. The highest BCUT2D eigenvalue weighted by atomic mass is 16.4. The fourth-order valence-corrected chi connectivity index (χ4v) is 3.98. The Morgan fingerprint density at radius 2 is 0.824 bits per heavy atom. The number of aliphatic hydroxyl groups is 2. The summed E-state index contributed by atoms with van der Waals surface area (Å²) in [5, 5.41) is 39.1. The largest absolute Gasteiger partial charge is 0.481 e. The first-order valence-electron chi connectivity index (χ1n) is 11.9. The molecule has 198 valence electrons. The maximum atomic E-state index is 12.3. The van der Waals surface area contributed by atoms with Crippen molar-refractivity contribution in [3.8, 4) is 0 Å². The van der Waals surface area contributed by atoms with Crippen molar-refractivity contribution < 1.29 is 48.6 Å². The molecule has 0 amide bonds. The molecule has 34 heavy (non-hydrogen) atoms. The number of unbranched alkanes of at least 4 members (excludes halogenated alkanes) is 5. The molecule has 10 heteroatoms. The smallest absolute Gasteiger partial charge is 0.316 e. The van der Waals surface area contributed by atoms with Crippen LogP contribution in [0.15, 0.2) is 0 Å². The normalized spacial score (nSPS) is 15.9. The molecule has 0 fully saturated rings. The van der Waals surface area contributed by atoms with Crippen molar-refractivity contribution in [3.63, 3.8) is 0 Å². The zero-order chi connectivity index (χ0) is 26.7. The van der Waals surface area contributed by atoms with E-state index in [4.69, 9.17) is 0 Å². The highest BCUT2D eigenvalue weighted by molar-refractivity contribution is 5.99. The Bertz CT molecular complexity index is 623. The van der Waals surface area contributed by atoms with Gasteiger partial charge in [0.15, 0.2) is 0 Å². The lowest BCUT2D eigenvalue weighted by atomic mass is 9.92. The topological polar surface area (TPSA) is 149 Å². The van der Waals surface area contributed by atoms with Crippen LogP contribution in [0.5, 0.6) is 0 Å². The van der Waals surface area contributed by atoms with E-state index < -0.39 is 47.5 Å². The minimum absolute atomic E-state index is 0.0914. The van der Waals surface area contributed by atoms with Gasteiger partial charge >= 0.3 is 11.9 Å². The van der Waals surface area contributed by atoms with Gasteiger partial charge in [-0.2, -0.15) is 0 Å². The molecule has 0 heterocycles. The third kappa shape index (κ3) is 13.7. The number of hydrogen-bond donors (Lipinski definition) is 4. The number of aliphatic carboxylic acids is 2. The predicted octanol–water partition coefficient (Wildman–Crippen LogP) is 0.781. The molecule has 10 nitrogen and oxygen atoms in total. The number of hydrogen-bond acceptors (Lipinski definition) is 6. The quantitative estimate of drug-likeness (QED) is 0.118. The van der Waals surface area contributed by atoms with Gasteiger partial charge in [0.05, 0.1) is 42.3 Å². The number of rotatable bonds is 19. The second kappa shape index (κ2) is 14.5. The van der Waals surface area contributed by atoms with Gasteiger partial charge < -0.3 is 29.4 Å². The number of carbonyl (C=O) groups excluding carboxylic acids is 2. The molecule has 0 aromatic carbocycles. The molecule has 4 atom stereocenters. The minimum Gasteiger partial charge on any atom is -0.481 e. The minimum atomic E-state index is -1.42. The Hall–Kier alpha value is -1.88. The first kappa shape index (κ1) is 32.1. The van der Waals surface area contributed by atoms with Gasteiger partial charge in [-0.15, -0.1) is 0 Å². The number of carboxylic acids is 2. The number of Topliss-reactive ketones (excluding diaryl/α,β-unsaturated/α-hetero) is 2. The molecule has 0 rings (SSSR count). The van der Waals surface area contributed by atoms with E-state index in [9.17, 15) is 39.6 Å². The van der Waals surface area contributed by atoms with Crippen LogP contribution in [-0.2, 0) is 19.2 Å². The Kier molecular flexibility index (Phi) is 13.7. The van der Waals surface area contributed by atoms with E-state index >= 15 is 0 Å². The van der Waals surface area contributed by atoms with Crippen LogP contribution < -0.4 is 0 Å². The molecule has 0 radical (unpaired) electrons. The number of ketones is 2. The second-order valence-electron chi connectivity index (χ2n) is 11.3. The third-order valence-corrected chi connectivity index (χ3v) is 5.56. The predicted molar refractivity (Wildman–Crippen MR) is 127 cm³/mol. The monoisotopic (exact) mass is 490 g/mol. The first-order chi connectivity index (χ1) is 15.5. The Morgan fingerprint density at radius 1 is 0.559 bits per heavy atom. The van der Waals surface area contributed by atoms with Crippen molar-refractivity contribution in [2.75, 3.05) is 55.4 Å². The van der Waals surface area contributed by atoms with Crippen molar-refractivity contribution in [1.29, 1.82) is 0 Å². The van der Waals surface area contributed by atoms with E-state index in [0.29, 0.717) is 21.8 Å². The molecule has 0 saturated heterocycles. The van der Waals surface area contributed by atoms with E-state index in [1.165, 1.54) is 0 Å². The molecular formula is C24H46N2O8+2. The number of carbonyl (C=O) groups is 4. The molecule has 0 aromatic heterocycles. The Balaban J connectivity index is 4.31. The van der Waals surface area contributed by atoms with Gasteiger partial charge in [-0.25, -0.2) is 0 Å². The van der Waals surface area contributed by atoms with Crippen LogP contribution in [0.3, 0.4) is 0 Å². The molecule has 0 spiro atoms. The van der Waals surface area contributed by atoms with Crippen LogP contribution in [0.1, 0.15) is 51.4 Å². The molecule has 0 saturated carbocycles. The third-order valence-electron chi connectivity index (χ3n) is 5.56. The van der Waals surface area contributed by atoms with Gasteiger partial charge in [0.2, 0.25) is 0 Å². The number of nitrogens with zero attached hydrogens (tertiary/aromatic N) is 2. The molecule has 4 unspecified atom stereocenters. The van der Waals surface area contributed by atoms with Gasteiger partial charge in [-0.1, -0.05) is 25.7 Å². The maximum Gasteiger partial charge on any atom is 0.316 e. The lowest BCUT2D eigenvalue weighted by Gasteiger charge is -2.28. The summed E-state index contributed by atoms with van der Waals surface area (Å²) in [7, 11) is 10.9. The average Bonchev–Trinajstić information content (AvgIpc) is 2.60. The summed E-state index contributed by atoms with van der Waals surface area (Å²) in [6.45, 7) is 0.326. The van der Waals surface area contributed by atoms with Crippen molar-refractivity contribution in [1.82, 2.24) is 0 Å². The number of carboxylic acid groups (broad SMARTS) is 2. The van der Waals surface area contributed by atoms with Gasteiger partial charge in [-0.05, 0) is 12.8 Å². The van der Waals surface area contributed by atoms with Crippen LogP contribution in [0.2, 0.25) is 0 Å². The summed E-state index contributed by atoms with van der Waals surface area (Å²) in [5.41, 5.74) is 0. The second-order valence-corrected chi connectivity index (χ2v) is 11.3. The number of aliphatic hydroxyl groups excluding tert-OH is 2. The molecule has 0 aliphatic rings. The van der Waals surface area contributed by atoms with Crippen LogP contribution >= 0.6 is 0 Å². The van der Waals surface area contributed by atoms with Gasteiger partial charge in [-0.3, -0.25) is 19.2 Å². The van der Waals surface area contributed by atoms with E-state index in [1.807, 2.05) is 42.3 Å². The summed E-state index contributed by atoms with van der Waals surface area (Å²) < 4.78 is 0.700. The SMILES string of the molecule is C[N+](C)(C)CC(O)C(C(=O)O)C(=O)CCCCCCCCC(=O)C(C(=O)O)C(O)C[N+](C)(C)C. The number of quaternary nitrogens is 2. The van der Waals surface area contributed by atoms with Gasteiger partial charge in [0.25, 0.3) is 0 Å². The average molecular weight is 491 g/mol. The fourth-order valence-electron chi connectivity index (χ4n) is 3.98. The zero-order valence-electron chi connectivity index (χ0n) is 21.7. The van der Waals surface area contributed by atoms with E-state index in [-0.39, 0.29) is 25.9 Å². The standard InChI is InChI=1S/C24H44N2O8/c1-25(2,3)15-19(29)21(23(31)32)17(27)13-11-9-7-8-10-12-14-18(28)22(24(33)34)20(30)16-26(4,5)6/h19-22,29-30H,7-16H2,1-6H3/p+2. The Labute approximate surface area is 203 Å². The zero-order valence-corrected chi connectivity index (χ0v) is 21.7. The number of likely N-dealkylation sites (N-methyl/N-ethyl adjacent to an activating group) is 2. The van der Waals surface area contributed by atoms with Gasteiger partial charge in [0.1, 0.15) is 48.7 Å². The molecule has 0 aromatic rings. The summed E-state index contributed by atoms with van der Waals surface area (Å²) >= 11 is 0. The summed E-state index contributed by atoms with van der Waals surface area (Å²) in [6.07, 6.45) is 1.79. The lowest BCUT2D eigenvalue weighted by Crippen LogP contribution is -2.48. The van der Waals surface area contributed by atoms with Crippen molar-refractivity contribution >= 4 is 23.5 Å². The van der Waals surface area contributed by atoms with Crippen molar-refractivity contribution in [2.24, 2.45) is 11.8 Å². The van der Waals surface area contributed by atoms with Crippen LogP contribution in [0.25, 0.3) is 0 Å². The molecule has 0 bridgehead atoms. The molecule has 4 N–H and O–H groups in total. The summed E-state index contributed by atoms with van der Waals surface area (Å²) in [4.78, 5) is 47.6. The van der Waals surface area contributed by atoms with Gasteiger partial charge in [0, 0.05) is 12.8 Å². The Morgan fingerprint density at radius 3 is 1.06 bits per heavy atom. The van der Waals surface area contributed by atoms with E-state index in [0.717, 1.165) is 25.7 Å². The lowest BCUT2D eigenvalue weighted by molar-refractivity contribution is -0.873. The van der Waals surface area contributed by atoms with Crippen LogP contribution in [-0.4, -0.2) is 120 Å². The highest BCUT2D eigenvalue weighted by Crippen LogP contribution is 2.17. The highest BCUT2D eigenvalue weighted by Gasteiger charge is 2.37. The van der Waals surface area contributed by atoms with Crippen LogP contribution in [0.4, 0.5) is 0 Å². The fraction of sp³-hybridized carbons (Fsp3) is 0.833. The van der Waals surface area contributed by atoms with Crippen molar-refractivity contribution in [3.05, 3.63) is 0 Å².